The summed E-state index contributed by atoms with van der Waals surface area (Å²) in [4.78, 5) is 21.9. The first-order valence-corrected chi connectivity index (χ1v) is 9.44. The van der Waals surface area contributed by atoms with Crippen molar-refractivity contribution in [3.05, 3.63) is 80.7 Å². The first-order chi connectivity index (χ1) is 13.5. The predicted octanol–water partition coefficient (Wildman–Crippen LogP) is 3.76. The Hall–Kier alpha value is -3.13. The number of aromatic nitrogens is 2. The topological polar surface area (TPSA) is 80.5 Å². The molecule has 0 saturated heterocycles. The van der Waals surface area contributed by atoms with E-state index in [0.29, 0.717) is 17.6 Å². The molecule has 1 aliphatic rings. The van der Waals surface area contributed by atoms with Crippen LogP contribution in [-0.2, 0) is 0 Å². The molecule has 1 aromatic heterocycles. The summed E-state index contributed by atoms with van der Waals surface area (Å²) in [6.45, 7) is 1.79. The van der Waals surface area contributed by atoms with Gasteiger partial charge in [-0.2, -0.15) is 0 Å². The van der Waals surface area contributed by atoms with Crippen molar-refractivity contribution in [2.45, 2.75) is 13.1 Å². The summed E-state index contributed by atoms with van der Waals surface area (Å²) in [5.74, 6) is 1.72. The van der Waals surface area contributed by atoms with Crippen LogP contribution in [0.1, 0.15) is 17.4 Å². The van der Waals surface area contributed by atoms with Gasteiger partial charge in [-0.3, -0.25) is 14.7 Å². The predicted molar refractivity (Wildman–Crippen MR) is 113 cm³/mol. The number of aryl methyl sites for hydroxylation is 1. The summed E-state index contributed by atoms with van der Waals surface area (Å²) >= 11 is 3.49. The van der Waals surface area contributed by atoms with Crippen LogP contribution >= 0.6 is 15.9 Å². The van der Waals surface area contributed by atoms with Crippen molar-refractivity contribution in [1.29, 1.82) is 0 Å². The number of anilines is 2. The standard InChI is InChI=1S/C20H18BrN5O2/c1-12-10-17(27)26-18(13-4-3-5-14(21)11-13)24-19(25-20(26)22-12)23-15-6-8-16(28-2)9-7-15/h3-11,18H,1-2H3,(H2,22,23,24,25)/t18-/m0/s1. The van der Waals surface area contributed by atoms with Gasteiger partial charge in [0.1, 0.15) is 5.75 Å². The van der Waals surface area contributed by atoms with Crippen LogP contribution in [0.15, 0.2) is 68.9 Å². The number of fused-ring (bicyclic) bond motifs is 1. The molecule has 0 saturated carbocycles. The summed E-state index contributed by atoms with van der Waals surface area (Å²) in [6, 6.07) is 16.7. The number of halogens is 1. The fraction of sp³-hybridized carbons (Fsp3) is 0.150. The van der Waals surface area contributed by atoms with Crippen LogP contribution in [0.25, 0.3) is 0 Å². The number of nitrogens with zero attached hydrogens (tertiary/aromatic N) is 3. The Morgan fingerprint density at radius 2 is 1.96 bits per heavy atom. The quantitative estimate of drug-likeness (QED) is 0.649. The average Bonchev–Trinajstić information content (AvgIpc) is 2.67. The fourth-order valence-electron chi connectivity index (χ4n) is 3.01. The molecule has 0 radical (unpaired) electrons. The highest BCUT2D eigenvalue weighted by molar-refractivity contribution is 9.10. The Morgan fingerprint density at radius 1 is 1.18 bits per heavy atom. The highest BCUT2D eigenvalue weighted by atomic mass is 79.9. The minimum atomic E-state index is -0.532. The van der Waals surface area contributed by atoms with E-state index in [9.17, 15) is 4.79 Å². The summed E-state index contributed by atoms with van der Waals surface area (Å²) in [7, 11) is 1.63. The molecule has 142 valence electrons. The molecule has 1 aliphatic heterocycles. The molecule has 0 fully saturated rings. The number of ether oxygens (including phenoxy) is 1. The second kappa shape index (κ2) is 7.47. The van der Waals surface area contributed by atoms with Crippen molar-refractivity contribution in [2.75, 3.05) is 17.7 Å². The molecule has 8 heteroatoms. The molecular weight excluding hydrogens is 422 g/mol. The van der Waals surface area contributed by atoms with Gasteiger partial charge in [0.2, 0.25) is 11.9 Å². The number of hydrogen-bond donors (Lipinski definition) is 2. The van der Waals surface area contributed by atoms with E-state index < -0.39 is 6.17 Å². The molecule has 0 aliphatic carbocycles. The molecule has 2 N–H and O–H groups in total. The second-order valence-corrected chi connectivity index (χ2v) is 7.23. The highest BCUT2D eigenvalue weighted by Crippen LogP contribution is 2.27. The summed E-state index contributed by atoms with van der Waals surface area (Å²) in [6.07, 6.45) is -0.532. The summed E-state index contributed by atoms with van der Waals surface area (Å²) in [5, 5.41) is 6.36. The van der Waals surface area contributed by atoms with Crippen LogP contribution in [0.4, 0.5) is 11.6 Å². The van der Waals surface area contributed by atoms with E-state index in [2.05, 4.69) is 31.5 Å². The third-order valence-electron chi connectivity index (χ3n) is 4.31. The van der Waals surface area contributed by atoms with Crippen LogP contribution in [-0.4, -0.2) is 22.6 Å². The normalized spacial score (nSPS) is 15.2. The summed E-state index contributed by atoms with van der Waals surface area (Å²) in [5.41, 5.74) is 2.19. The third kappa shape index (κ3) is 3.63. The Labute approximate surface area is 170 Å². The lowest BCUT2D eigenvalue weighted by atomic mass is 10.1. The zero-order valence-corrected chi connectivity index (χ0v) is 16.9. The summed E-state index contributed by atoms with van der Waals surface area (Å²) < 4.78 is 7.66. The fourth-order valence-corrected chi connectivity index (χ4v) is 3.43. The largest absolute Gasteiger partial charge is 0.497 e. The van der Waals surface area contributed by atoms with Crippen LogP contribution < -0.4 is 20.9 Å². The molecule has 2 aromatic carbocycles. The Morgan fingerprint density at radius 3 is 2.68 bits per heavy atom. The maximum Gasteiger partial charge on any atom is 0.257 e. The molecule has 4 rings (SSSR count). The lowest BCUT2D eigenvalue weighted by Crippen LogP contribution is -2.37. The van der Waals surface area contributed by atoms with Gasteiger partial charge < -0.3 is 10.1 Å². The maximum atomic E-state index is 12.7. The minimum Gasteiger partial charge on any atom is -0.497 e. The van der Waals surface area contributed by atoms with Gasteiger partial charge in [-0.25, -0.2) is 9.98 Å². The van der Waals surface area contributed by atoms with Gasteiger partial charge in [0.15, 0.2) is 6.17 Å². The van der Waals surface area contributed by atoms with E-state index in [-0.39, 0.29) is 5.56 Å². The lowest BCUT2D eigenvalue weighted by molar-refractivity contribution is 0.415. The van der Waals surface area contributed by atoms with Crippen LogP contribution in [0.5, 0.6) is 5.75 Å². The zero-order valence-electron chi connectivity index (χ0n) is 15.3. The molecule has 3 aromatic rings. The number of benzene rings is 2. The Bertz CT molecular complexity index is 1110. The number of aliphatic imine (C=N–C) groups is 1. The SMILES string of the molecule is COc1ccc(NC2=N[C@H](c3cccc(Br)c3)n3c(nc(C)cc3=O)N2)cc1. The monoisotopic (exact) mass is 439 g/mol. The Balaban J connectivity index is 1.76. The van der Waals surface area contributed by atoms with Crippen molar-refractivity contribution < 1.29 is 4.74 Å². The van der Waals surface area contributed by atoms with Gasteiger partial charge in [-0.05, 0) is 48.9 Å². The first-order valence-electron chi connectivity index (χ1n) is 8.65. The number of rotatable bonds is 3. The molecule has 1 atom stereocenters. The third-order valence-corrected chi connectivity index (χ3v) is 4.80. The number of hydrogen-bond acceptors (Lipinski definition) is 6. The van der Waals surface area contributed by atoms with E-state index in [1.807, 2.05) is 48.5 Å². The molecule has 28 heavy (non-hydrogen) atoms. The van der Waals surface area contributed by atoms with Gasteiger partial charge in [0.05, 0.1) is 7.11 Å². The van der Waals surface area contributed by atoms with Crippen molar-refractivity contribution in [3.63, 3.8) is 0 Å². The van der Waals surface area contributed by atoms with E-state index in [0.717, 1.165) is 21.5 Å². The number of methoxy groups -OCH3 is 1. The van der Waals surface area contributed by atoms with Crippen molar-refractivity contribution in [1.82, 2.24) is 9.55 Å². The zero-order chi connectivity index (χ0) is 19.7. The molecule has 7 nitrogen and oxygen atoms in total. The molecule has 0 bridgehead atoms. The van der Waals surface area contributed by atoms with E-state index in [1.54, 1.807) is 18.6 Å². The van der Waals surface area contributed by atoms with Crippen LogP contribution in [0, 0.1) is 6.92 Å². The molecule has 2 heterocycles. The Kier molecular flexibility index (Phi) is 4.87. The van der Waals surface area contributed by atoms with Gasteiger partial charge >= 0.3 is 0 Å². The average molecular weight is 440 g/mol. The molecule has 0 amide bonds. The van der Waals surface area contributed by atoms with E-state index in [1.165, 1.54) is 6.07 Å². The van der Waals surface area contributed by atoms with Gasteiger partial charge in [-0.15, -0.1) is 0 Å². The first kappa shape index (κ1) is 18.2. The molecule has 0 unspecified atom stereocenters. The minimum absolute atomic E-state index is 0.160. The van der Waals surface area contributed by atoms with Gasteiger partial charge in [0, 0.05) is 21.9 Å². The van der Waals surface area contributed by atoms with E-state index in [4.69, 9.17) is 9.73 Å². The van der Waals surface area contributed by atoms with Crippen molar-refractivity contribution in [3.8, 4) is 5.75 Å². The smallest absolute Gasteiger partial charge is 0.257 e. The molecule has 0 spiro atoms. The highest BCUT2D eigenvalue weighted by Gasteiger charge is 2.25. The van der Waals surface area contributed by atoms with Gasteiger partial charge in [-0.1, -0.05) is 28.1 Å². The second-order valence-electron chi connectivity index (χ2n) is 6.31. The number of guanidine groups is 1. The lowest BCUT2D eigenvalue weighted by Gasteiger charge is -2.27. The maximum absolute atomic E-state index is 12.7. The van der Waals surface area contributed by atoms with Crippen molar-refractivity contribution >= 4 is 33.5 Å². The van der Waals surface area contributed by atoms with Crippen LogP contribution in [0.3, 0.4) is 0 Å². The number of nitrogens with one attached hydrogen (secondary N) is 2. The van der Waals surface area contributed by atoms with Crippen LogP contribution in [0.2, 0.25) is 0 Å². The van der Waals surface area contributed by atoms with E-state index >= 15 is 0 Å². The molecular formula is C20H18BrN5O2. The van der Waals surface area contributed by atoms with Gasteiger partial charge in [0.25, 0.3) is 5.56 Å². The van der Waals surface area contributed by atoms with Crippen molar-refractivity contribution in [2.24, 2.45) is 4.99 Å².